The maximum absolute atomic E-state index is 5.90. The van der Waals surface area contributed by atoms with Crippen molar-refractivity contribution < 1.29 is 9.47 Å². The van der Waals surface area contributed by atoms with Gasteiger partial charge in [0.25, 0.3) is 0 Å². The first-order valence-corrected chi connectivity index (χ1v) is 10.5. The zero-order valence-corrected chi connectivity index (χ0v) is 15.8. The van der Waals surface area contributed by atoms with Gasteiger partial charge in [-0.15, -0.1) is 5.54 Å². The maximum Gasteiger partial charge on any atom is 0.178 e. The minimum absolute atomic E-state index is 0.0188. The van der Waals surface area contributed by atoms with Crippen molar-refractivity contribution in [2.45, 2.75) is 83.9 Å². The van der Waals surface area contributed by atoms with Crippen LogP contribution in [0.4, 0.5) is 0 Å². The highest BCUT2D eigenvalue weighted by atomic mass is 28.3. The van der Waals surface area contributed by atoms with Gasteiger partial charge in [0, 0.05) is 13.0 Å². The van der Waals surface area contributed by atoms with Crippen molar-refractivity contribution in [3.05, 3.63) is 12.2 Å². The molecule has 21 heavy (non-hydrogen) atoms. The van der Waals surface area contributed by atoms with E-state index in [1.165, 1.54) is 0 Å². The molecule has 1 unspecified atom stereocenters. The second kappa shape index (κ2) is 8.17. The fraction of sp³-hybridized carbons (Fsp3) is 0.778. The fourth-order valence-corrected chi connectivity index (χ4v) is 8.84. The summed E-state index contributed by atoms with van der Waals surface area (Å²) in [5.74, 6) is 3.45. The van der Waals surface area contributed by atoms with Gasteiger partial charge in [-0.1, -0.05) is 53.5 Å². The van der Waals surface area contributed by atoms with Gasteiger partial charge in [0.05, 0.1) is 0 Å². The molecule has 1 aliphatic rings. The maximum atomic E-state index is 5.90. The summed E-state index contributed by atoms with van der Waals surface area (Å²) in [6.07, 6.45) is 4.74. The third kappa shape index (κ3) is 4.45. The lowest BCUT2D eigenvalue weighted by molar-refractivity contribution is -0.129. The lowest BCUT2D eigenvalue weighted by Gasteiger charge is -2.38. The van der Waals surface area contributed by atoms with E-state index in [0.717, 1.165) is 6.42 Å². The molecule has 0 aromatic rings. The average Bonchev–Trinajstić information content (AvgIpc) is 2.39. The van der Waals surface area contributed by atoms with E-state index in [2.05, 4.69) is 59.1 Å². The Hall–Kier alpha value is -0.563. The van der Waals surface area contributed by atoms with Gasteiger partial charge in [0.1, 0.15) is 14.2 Å². The zero-order valence-electron chi connectivity index (χ0n) is 14.8. The van der Waals surface area contributed by atoms with E-state index in [-0.39, 0.29) is 12.4 Å². The summed E-state index contributed by atoms with van der Waals surface area (Å²) in [5, 5.41) is 0. The lowest BCUT2D eigenvalue weighted by atomic mass is 10.2. The van der Waals surface area contributed by atoms with Crippen molar-refractivity contribution in [2.75, 3.05) is 6.61 Å². The van der Waals surface area contributed by atoms with Crippen LogP contribution in [0, 0.1) is 11.5 Å². The molecule has 0 saturated carbocycles. The molecule has 1 rings (SSSR count). The van der Waals surface area contributed by atoms with Crippen LogP contribution in [-0.2, 0) is 9.47 Å². The number of hydrogen-bond donors (Lipinski definition) is 0. The molecule has 2 nitrogen and oxygen atoms in total. The quantitative estimate of drug-likeness (QED) is 0.408. The van der Waals surface area contributed by atoms with Crippen LogP contribution in [-0.4, -0.2) is 27.1 Å². The van der Waals surface area contributed by atoms with Crippen LogP contribution in [0.5, 0.6) is 0 Å². The molecule has 0 fully saturated rings. The topological polar surface area (TPSA) is 18.5 Å². The first kappa shape index (κ1) is 18.5. The molecule has 0 saturated heterocycles. The largest absolute Gasteiger partial charge is 0.349 e. The van der Waals surface area contributed by atoms with E-state index < -0.39 is 8.07 Å². The Kier molecular flexibility index (Phi) is 7.19. The van der Waals surface area contributed by atoms with E-state index in [4.69, 9.17) is 9.47 Å². The normalized spacial score (nSPS) is 22.8. The SMILES string of the molecule is CCOC1C=CC[C@H](C#C[Si](C(C)C)(C(C)C)C(C)C)O1. The summed E-state index contributed by atoms with van der Waals surface area (Å²) >= 11 is 0. The Morgan fingerprint density at radius 2 is 1.71 bits per heavy atom. The van der Waals surface area contributed by atoms with Gasteiger partial charge in [-0.05, 0) is 29.6 Å². The van der Waals surface area contributed by atoms with Gasteiger partial charge < -0.3 is 9.47 Å². The van der Waals surface area contributed by atoms with E-state index in [0.29, 0.717) is 23.2 Å². The van der Waals surface area contributed by atoms with E-state index in [1.54, 1.807) is 0 Å². The van der Waals surface area contributed by atoms with Crippen molar-refractivity contribution in [1.82, 2.24) is 0 Å². The first-order chi connectivity index (χ1) is 9.84. The Bertz CT molecular complexity index is 379. The molecular weight excluding hydrogens is 276 g/mol. The summed E-state index contributed by atoms with van der Waals surface area (Å²) in [7, 11) is -1.66. The zero-order chi connectivity index (χ0) is 16.0. The summed E-state index contributed by atoms with van der Waals surface area (Å²) in [5.41, 5.74) is 5.72. The van der Waals surface area contributed by atoms with Crippen LogP contribution < -0.4 is 0 Å². The molecule has 0 aliphatic carbocycles. The van der Waals surface area contributed by atoms with Crippen molar-refractivity contribution in [1.29, 1.82) is 0 Å². The van der Waals surface area contributed by atoms with Crippen LogP contribution in [0.3, 0.4) is 0 Å². The fourth-order valence-electron chi connectivity index (χ4n) is 3.57. The molecule has 0 aromatic heterocycles. The van der Waals surface area contributed by atoms with Gasteiger partial charge in [-0.2, -0.15) is 0 Å². The molecule has 0 amide bonds. The van der Waals surface area contributed by atoms with Crippen molar-refractivity contribution in [3.8, 4) is 11.5 Å². The molecule has 0 aromatic carbocycles. The van der Waals surface area contributed by atoms with Gasteiger partial charge in [0.2, 0.25) is 0 Å². The molecule has 2 atom stereocenters. The highest BCUT2D eigenvalue weighted by Gasteiger charge is 2.41. The molecule has 3 heteroatoms. The van der Waals surface area contributed by atoms with E-state index in [1.807, 2.05) is 13.0 Å². The molecule has 1 aliphatic heterocycles. The van der Waals surface area contributed by atoms with Gasteiger partial charge in [0.15, 0.2) is 6.29 Å². The van der Waals surface area contributed by atoms with Crippen molar-refractivity contribution in [3.63, 3.8) is 0 Å². The molecule has 0 bridgehead atoms. The predicted molar refractivity (Wildman–Crippen MR) is 92.9 cm³/mol. The van der Waals surface area contributed by atoms with Gasteiger partial charge >= 0.3 is 0 Å². The summed E-state index contributed by atoms with van der Waals surface area (Å²) < 4.78 is 11.4. The Morgan fingerprint density at radius 1 is 1.14 bits per heavy atom. The third-order valence-corrected chi connectivity index (χ3v) is 10.9. The lowest BCUT2D eigenvalue weighted by Crippen LogP contribution is -2.43. The Balaban J connectivity index is 2.93. The summed E-state index contributed by atoms with van der Waals surface area (Å²) in [6, 6.07) is 0. The van der Waals surface area contributed by atoms with Gasteiger partial charge in [-0.25, -0.2) is 0 Å². The molecule has 120 valence electrons. The average molecular weight is 309 g/mol. The number of ether oxygens (including phenoxy) is 2. The Labute approximate surface area is 132 Å². The van der Waals surface area contributed by atoms with E-state index in [9.17, 15) is 0 Å². The minimum atomic E-state index is -1.66. The van der Waals surface area contributed by atoms with Crippen LogP contribution in [0.1, 0.15) is 54.9 Å². The smallest absolute Gasteiger partial charge is 0.178 e. The predicted octanol–water partition coefficient (Wildman–Crippen LogP) is 4.92. The highest BCUT2D eigenvalue weighted by Crippen LogP contribution is 2.40. The highest BCUT2D eigenvalue weighted by molar-refractivity contribution is 6.90. The minimum Gasteiger partial charge on any atom is -0.349 e. The molecule has 0 N–H and O–H groups in total. The number of rotatable bonds is 5. The van der Waals surface area contributed by atoms with Crippen LogP contribution in [0.25, 0.3) is 0 Å². The van der Waals surface area contributed by atoms with E-state index >= 15 is 0 Å². The second-order valence-electron chi connectivity index (χ2n) is 6.78. The first-order valence-electron chi connectivity index (χ1n) is 8.30. The van der Waals surface area contributed by atoms with Crippen LogP contribution >= 0.6 is 0 Å². The standard InChI is InChI=1S/C18H32O2Si/c1-8-19-18-11-9-10-17(20-18)12-13-21(14(2)3,15(4)5)16(6)7/h9,11,14-18H,8,10H2,1-7H3/t17-,18?/m1/s1. The third-order valence-electron chi connectivity index (χ3n) is 4.59. The number of hydrogen-bond acceptors (Lipinski definition) is 2. The molecule has 1 heterocycles. The Morgan fingerprint density at radius 3 is 2.19 bits per heavy atom. The molecule has 0 spiro atoms. The second-order valence-corrected chi connectivity index (χ2v) is 12.4. The molecular formula is C18H32O2Si. The van der Waals surface area contributed by atoms with Crippen LogP contribution in [0.15, 0.2) is 12.2 Å². The summed E-state index contributed by atoms with van der Waals surface area (Å²) in [6.45, 7) is 16.7. The van der Waals surface area contributed by atoms with Crippen molar-refractivity contribution in [2.24, 2.45) is 0 Å². The molecule has 0 radical (unpaired) electrons. The summed E-state index contributed by atoms with van der Waals surface area (Å²) in [4.78, 5) is 0. The van der Waals surface area contributed by atoms with Crippen molar-refractivity contribution >= 4 is 8.07 Å². The monoisotopic (exact) mass is 308 g/mol. The van der Waals surface area contributed by atoms with Crippen LogP contribution in [0.2, 0.25) is 16.6 Å². The van der Waals surface area contributed by atoms with Gasteiger partial charge in [-0.3, -0.25) is 0 Å².